The van der Waals surface area contributed by atoms with Gasteiger partial charge in [-0.05, 0) is 35.4 Å². The van der Waals surface area contributed by atoms with Gasteiger partial charge in [-0.1, -0.05) is 36.3 Å². The van der Waals surface area contributed by atoms with E-state index < -0.39 is 6.09 Å². The summed E-state index contributed by atoms with van der Waals surface area (Å²) in [7, 11) is 0. The molecule has 1 unspecified atom stereocenters. The first-order valence-electron chi connectivity index (χ1n) is 11.6. The second-order valence-electron chi connectivity index (χ2n) is 8.61. The highest BCUT2D eigenvalue weighted by molar-refractivity contribution is 5.64. The number of aryl methyl sites for hydroxylation is 1. The first-order chi connectivity index (χ1) is 17.4. The Hall–Kier alpha value is -4.47. The molecule has 1 saturated carbocycles. The van der Waals surface area contributed by atoms with Gasteiger partial charge in [0, 0.05) is 25.7 Å². The molecule has 10 heteroatoms. The minimum atomic E-state index is -0.740. The van der Waals surface area contributed by atoms with E-state index in [9.17, 15) is 4.79 Å². The fourth-order valence-corrected chi connectivity index (χ4v) is 3.93. The minimum absolute atomic E-state index is 0.0370. The summed E-state index contributed by atoms with van der Waals surface area (Å²) in [6.07, 6.45) is 3.61. The van der Waals surface area contributed by atoms with E-state index in [4.69, 9.17) is 24.5 Å². The number of hydrogen-bond acceptors (Lipinski definition) is 9. The van der Waals surface area contributed by atoms with Crippen LogP contribution in [0.4, 0.5) is 4.79 Å². The van der Waals surface area contributed by atoms with Crippen molar-refractivity contribution in [2.75, 3.05) is 0 Å². The third-order valence-corrected chi connectivity index (χ3v) is 5.99. The number of rotatable bonds is 8. The maximum atomic E-state index is 10.8. The molecule has 1 amide bonds. The van der Waals surface area contributed by atoms with E-state index in [0.717, 1.165) is 11.3 Å². The zero-order chi connectivity index (χ0) is 25.1. The predicted octanol–water partition coefficient (Wildman–Crippen LogP) is 4.78. The molecule has 0 bridgehead atoms. The Balaban J connectivity index is 1.15. The van der Waals surface area contributed by atoms with Crippen LogP contribution in [0.5, 0.6) is 17.2 Å². The average Bonchev–Trinajstić information content (AvgIpc) is 3.29. The van der Waals surface area contributed by atoms with Gasteiger partial charge in [0.15, 0.2) is 5.75 Å². The summed E-state index contributed by atoms with van der Waals surface area (Å²) >= 11 is 0. The van der Waals surface area contributed by atoms with Crippen molar-refractivity contribution < 1.29 is 23.5 Å². The van der Waals surface area contributed by atoms with Crippen molar-refractivity contribution in [2.24, 2.45) is 5.73 Å². The van der Waals surface area contributed by atoms with Gasteiger partial charge in [-0.25, -0.2) is 14.8 Å². The molecular formula is C26H25N5O5. The van der Waals surface area contributed by atoms with E-state index in [-0.39, 0.29) is 18.1 Å². The van der Waals surface area contributed by atoms with Crippen LogP contribution in [0.1, 0.15) is 42.7 Å². The summed E-state index contributed by atoms with van der Waals surface area (Å²) in [5.74, 6) is 3.33. The lowest BCUT2D eigenvalue weighted by atomic mass is 9.91. The Bertz CT molecular complexity index is 1320. The molecule has 1 aliphatic carbocycles. The van der Waals surface area contributed by atoms with E-state index in [0.29, 0.717) is 41.9 Å². The summed E-state index contributed by atoms with van der Waals surface area (Å²) in [5.41, 5.74) is 7.36. The second-order valence-corrected chi connectivity index (χ2v) is 8.61. The molecule has 2 heterocycles. The molecule has 2 N–H and O–H groups in total. The van der Waals surface area contributed by atoms with Gasteiger partial charge in [-0.2, -0.15) is 4.98 Å². The van der Waals surface area contributed by atoms with E-state index in [1.165, 1.54) is 5.56 Å². The van der Waals surface area contributed by atoms with Crippen LogP contribution in [0.15, 0.2) is 65.4 Å². The lowest BCUT2D eigenvalue weighted by molar-refractivity contribution is -0.0197. The molecule has 184 valence electrons. The normalized spacial score (nSPS) is 17.6. The largest absolute Gasteiger partial charge is 0.490 e. The Morgan fingerprint density at radius 2 is 1.53 bits per heavy atom. The van der Waals surface area contributed by atoms with Crippen LogP contribution in [0, 0.1) is 6.92 Å². The summed E-state index contributed by atoms with van der Waals surface area (Å²) in [6.45, 7) is 3.86. The highest BCUT2D eigenvalue weighted by Crippen LogP contribution is 2.31. The number of carbonyl (C=O) groups is 1. The number of ether oxygens (including phenoxy) is 3. The maximum absolute atomic E-state index is 10.8. The van der Waals surface area contributed by atoms with Crippen LogP contribution in [0.25, 0.3) is 11.6 Å². The number of hydrogen-bond donors (Lipinski definition) is 1. The van der Waals surface area contributed by atoms with Crippen molar-refractivity contribution in [3.05, 3.63) is 77.9 Å². The van der Waals surface area contributed by atoms with Crippen molar-refractivity contribution in [3.63, 3.8) is 0 Å². The molecule has 0 saturated heterocycles. The van der Waals surface area contributed by atoms with Crippen molar-refractivity contribution in [1.82, 2.24) is 20.1 Å². The summed E-state index contributed by atoms with van der Waals surface area (Å²) in [6, 6.07) is 16.0. The lowest BCUT2D eigenvalue weighted by Gasteiger charge is -2.34. The van der Waals surface area contributed by atoms with Gasteiger partial charge >= 0.3 is 6.09 Å². The van der Waals surface area contributed by atoms with Gasteiger partial charge in [0.05, 0.1) is 12.4 Å². The van der Waals surface area contributed by atoms with E-state index in [1.807, 2.05) is 36.4 Å². The Morgan fingerprint density at radius 3 is 2.08 bits per heavy atom. The Kier molecular flexibility index (Phi) is 6.48. The quantitative estimate of drug-likeness (QED) is 0.372. The molecule has 0 aliphatic heterocycles. The highest BCUT2D eigenvalue weighted by atomic mass is 16.6. The van der Waals surface area contributed by atoms with Gasteiger partial charge in [-0.15, -0.1) is 0 Å². The molecule has 10 nitrogen and oxygen atoms in total. The van der Waals surface area contributed by atoms with Gasteiger partial charge in [0.1, 0.15) is 23.7 Å². The number of carbonyl (C=O) groups excluding carboxylic acids is 1. The van der Waals surface area contributed by atoms with Gasteiger partial charge < -0.3 is 24.5 Å². The molecule has 2 aromatic heterocycles. The minimum Gasteiger partial charge on any atom is -0.490 e. The van der Waals surface area contributed by atoms with Gasteiger partial charge in [-0.3, -0.25) is 0 Å². The topological polar surface area (TPSA) is 135 Å². The van der Waals surface area contributed by atoms with E-state index in [2.05, 4.69) is 39.2 Å². The molecular weight excluding hydrogens is 462 g/mol. The first-order valence-corrected chi connectivity index (χ1v) is 11.6. The number of nitrogens with two attached hydrogens (primary N) is 1. The van der Waals surface area contributed by atoms with Gasteiger partial charge in [0.2, 0.25) is 17.5 Å². The molecule has 2 aromatic carbocycles. The van der Waals surface area contributed by atoms with Crippen molar-refractivity contribution in [2.45, 2.75) is 44.8 Å². The third kappa shape index (κ3) is 5.43. The molecule has 5 rings (SSSR count). The smallest absolute Gasteiger partial charge is 0.404 e. The summed E-state index contributed by atoms with van der Waals surface area (Å²) in [4.78, 5) is 23.4. The fourth-order valence-electron chi connectivity index (χ4n) is 3.93. The van der Waals surface area contributed by atoms with Crippen LogP contribution in [-0.2, 0) is 4.74 Å². The lowest BCUT2D eigenvalue weighted by Crippen LogP contribution is -2.41. The number of nitrogens with zero attached hydrogens (tertiary/aromatic N) is 4. The molecule has 1 atom stereocenters. The standard InChI is InChI=1S/C26H25N5O5/c1-15(17-3-7-19(8-4-17)33-21-11-22(12-21)35-26(27)32)18-5-9-20(10-6-18)34-23-13-28-24(29-14-23)25-30-16(2)36-31-25/h3-10,13-15,21-22H,11-12H2,1-2H3,(H2,27,32). The van der Waals surface area contributed by atoms with Crippen molar-refractivity contribution >= 4 is 6.09 Å². The Labute approximate surface area is 207 Å². The summed E-state index contributed by atoms with van der Waals surface area (Å²) in [5, 5.41) is 3.81. The Morgan fingerprint density at radius 1 is 0.917 bits per heavy atom. The zero-order valence-electron chi connectivity index (χ0n) is 19.8. The molecule has 36 heavy (non-hydrogen) atoms. The SMILES string of the molecule is Cc1nc(-c2ncc(Oc3ccc(C(C)c4ccc(OC5CC(OC(N)=O)C5)cc4)cc3)cn2)no1. The third-order valence-electron chi connectivity index (χ3n) is 5.99. The molecule has 0 spiro atoms. The first kappa shape index (κ1) is 23.3. The predicted molar refractivity (Wildman–Crippen MR) is 129 cm³/mol. The number of primary amides is 1. The van der Waals surface area contributed by atoms with E-state index >= 15 is 0 Å². The maximum Gasteiger partial charge on any atom is 0.404 e. The van der Waals surface area contributed by atoms with Crippen molar-refractivity contribution in [1.29, 1.82) is 0 Å². The monoisotopic (exact) mass is 487 g/mol. The number of aromatic nitrogens is 4. The van der Waals surface area contributed by atoms with Crippen LogP contribution in [0.3, 0.4) is 0 Å². The molecule has 0 radical (unpaired) electrons. The highest BCUT2D eigenvalue weighted by Gasteiger charge is 2.33. The average molecular weight is 488 g/mol. The van der Waals surface area contributed by atoms with Crippen LogP contribution >= 0.6 is 0 Å². The number of benzene rings is 2. The van der Waals surface area contributed by atoms with Crippen LogP contribution in [0.2, 0.25) is 0 Å². The van der Waals surface area contributed by atoms with Crippen LogP contribution in [-0.4, -0.2) is 38.4 Å². The molecule has 1 fully saturated rings. The van der Waals surface area contributed by atoms with Crippen LogP contribution < -0.4 is 15.2 Å². The molecule has 1 aliphatic rings. The zero-order valence-corrected chi connectivity index (χ0v) is 19.8. The van der Waals surface area contributed by atoms with E-state index in [1.54, 1.807) is 19.3 Å². The van der Waals surface area contributed by atoms with Gasteiger partial charge in [0.25, 0.3) is 0 Å². The van der Waals surface area contributed by atoms with Crippen molar-refractivity contribution in [3.8, 4) is 28.9 Å². The fraction of sp³-hybridized carbons (Fsp3) is 0.269. The summed E-state index contributed by atoms with van der Waals surface area (Å²) < 4.78 is 21.7. The number of amides is 1. The second kappa shape index (κ2) is 10.0. The molecule has 4 aromatic rings.